The fourth-order valence-corrected chi connectivity index (χ4v) is 4.50. The summed E-state index contributed by atoms with van der Waals surface area (Å²) in [4.78, 5) is 4.25. The lowest BCUT2D eigenvalue weighted by molar-refractivity contribution is -0.123. The monoisotopic (exact) mass is 392 g/mol. The largest absolute Gasteiger partial charge is 0.335 e. The second-order valence-corrected chi connectivity index (χ2v) is 9.90. The van der Waals surface area contributed by atoms with E-state index >= 15 is 0 Å². The predicted molar refractivity (Wildman–Crippen MR) is 92.7 cm³/mol. The minimum absolute atomic E-state index is 0.0915. The van der Waals surface area contributed by atoms with Crippen molar-refractivity contribution in [1.29, 1.82) is 0 Å². The number of nitrogens with one attached hydrogen (secondary N) is 2. The highest BCUT2D eigenvalue weighted by atomic mass is 32.2. The van der Waals surface area contributed by atoms with Crippen molar-refractivity contribution in [2.75, 3.05) is 17.6 Å². The second-order valence-electron chi connectivity index (χ2n) is 7.81. The molecule has 148 valence electrons. The van der Waals surface area contributed by atoms with Crippen molar-refractivity contribution in [2.45, 2.75) is 69.8 Å². The summed E-state index contributed by atoms with van der Waals surface area (Å²) in [5.74, 6) is -1.90. The third-order valence-electron chi connectivity index (χ3n) is 5.41. The quantitative estimate of drug-likeness (QED) is 0.740. The van der Waals surface area contributed by atoms with Crippen LogP contribution in [-0.4, -0.2) is 42.8 Å². The first-order chi connectivity index (χ1) is 12.1. The molecule has 0 spiro atoms. The van der Waals surface area contributed by atoms with E-state index in [2.05, 4.69) is 20.2 Å². The highest BCUT2D eigenvalue weighted by Gasteiger charge is 2.56. The molecule has 0 amide bonds. The minimum Gasteiger partial charge on any atom is -0.335 e. The van der Waals surface area contributed by atoms with Gasteiger partial charge in [0.1, 0.15) is 0 Å². The summed E-state index contributed by atoms with van der Waals surface area (Å²) >= 11 is 0. The maximum atomic E-state index is 13.1. The number of aromatic nitrogens is 2. The first-order valence-corrected chi connectivity index (χ1v) is 10.7. The molecule has 0 bridgehead atoms. The van der Waals surface area contributed by atoms with E-state index in [1.807, 2.05) is 0 Å². The van der Waals surface area contributed by atoms with Crippen LogP contribution in [0.15, 0.2) is 4.52 Å². The maximum Gasteiger partial charge on any atom is 0.321 e. The Morgan fingerprint density at radius 2 is 1.88 bits per heavy atom. The first-order valence-electron chi connectivity index (χ1n) is 9.07. The number of rotatable bonds is 7. The third-order valence-corrected chi connectivity index (χ3v) is 6.78. The highest BCUT2D eigenvalue weighted by Crippen LogP contribution is 2.52. The Morgan fingerprint density at radius 1 is 1.23 bits per heavy atom. The molecule has 0 aliphatic heterocycles. The van der Waals surface area contributed by atoms with Crippen molar-refractivity contribution < 1.29 is 21.7 Å². The van der Waals surface area contributed by atoms with Gasteiger partial charge in [0.05, 0.1) is 5.75 Å². The van der Waals surface area contributed by atoms with Crippen LogP contribution >= 0.6 is 0 Å². The van der Waals surface area contributed by atoms with Gasteiger partial charge in [0, 0.05) is 30.8 Å². The summed E-state index contributed by atoms with van der Waals surface area (Å²) in [5.41, 5.74) is -0.721. The van der Waals surface area contributed by atoms with Crippen molar-refractivity contribution >= 4 is 16.0 Å². The average molecular weight is 392 g/mol. The van der Waals surface area contributed by atoms with Crippen LogP contribution in [0.1, 0.15) is 58.2 Å². The van der Waals surface area contributed by atoms with E-state index in [-0.39, 0.29) is 30.7 Å². The second kappa shape index (κ2) is 7.03. The van der Waals surface area contributed by atoms with Gasteiger partial charge >= 0.3 is 6.01 Å². The SMILES string of the molecule is CCS(=O)(=O)NCC1CCC(Nc2nc(C3(C)CC(F)(F)C3)no2)CC1. The molecule has 0 atom stereocenters. The number of hydrogen-bond donors (Lipinski definition) is 2. The number of anilines is 1. The van der Waals surface area contributed by atoms with Gasteiger partial charge < -0.3 is 9.84 Å². The minimum atomic E-state index is -3.15. The number of nitrogens with zero attached hydrogens (tertiary/aromatic N) is 2. The molecule has 2 saturated carbocycles. The summed E-state index contributed by atoms with van der Waals surface area (Å²) in [6.45, 7) is 3.81. The number of hydrogen-bond acceptors (Lipinski definition) is 6. The normalized spacial score (nSPS) is 27.7. The standard InChI is InChI=1S/C16H26F2N4O3S/c1-3-26(23,24)19-8-11-4-6-12(7-5-11)20-14-21-13(22-25-14)15(2)9-16(17,18)10-15/h11-12,19H,3-10H2,1-2H3,(H,20,21,22). The molecular formula is C16H26F2N4O3S. The smallest absolute Gasteiger partial charge is 0.321 e. The maximum absolute atomic E-state index is 13.1. The lowest BCUT2D eigenvalue weighted by atomic mass is 9.67. The average Bonchev–Trinajstić information content (AvgIpc) is 3.01. The molecule has 7 nitrogen and oxygen atoms in total. The van der Waals surface area contributed by atoms with Gasteiger partial charge in [-0.25, -0.2) is 21.9 Å². The third kappa shape index (κ3) is 4.51. The molecule has 1 aromatic heterocycles. The Bertz CT molecular complexity index is 722. The zero-order chi connectivity index (χ0) is 19.0. The Kier molecular flexibility index (Phi) is 5.26. The molecule has 2 aliphatic rings. The van der Waals surface area contributed by atoms with Crippen molar-refractivity contribution in [3.8, 4) is 0 Å². The van der Waals surface area contributed by atoms with Crippen molar-refractivity contribution in [1.82, 2.24) is 14.9 Å². The van der Waals surface area contributed by atoms with E-state index < -0.39 is 21.4 Å². The van der Waals surface area contributed by atoms with Crippen molar-refractivity contribution in [3.05, 3.63) is 5.82 Å². The molecule has 26 heavy (non-hydrogen) atoms. The van der Waals surface area contributed by atoms with Gasteiger partial charge in [-0.05, 0) is 38.5 Å². The Labute approximate surface area is 152 Å². The lowest BCUT2D eigenvalue weighted by Gasteiger charge is -2.42. The van der Waals surface area contributed by atoms with E-state index in [0.29, 0.717) is 18.3 Å². The molecule has 0 radical (unpaired) electrons. The van der Waals surface area contributed by atoms with Crippen LogP contribution in [0.25, 0.3) is 0 Å². The molecule has 2 aliphatic carbocycles. The fraction of sp³-hybridized carbons (Fsp3) is 0.875. The van der Waals surface area contributed by atoms with E-state index in [4.69, 9.17) is 4.52 Å². The molecule has 2 N–H and O–H groups in total. The Balaban J connectivity index is 1.45. The molecular weight excluding hydrogens is 366 g/mol. The molecule has 0 aromatic carbocycles. The van der Waals surface area contributed by atoms with Crippen LogP contribution in [-0.2, 0) is 15.4 Å². The topological polar surface area (TPSA) is 97.1 Å². The molecule has 0 saturated heterocycles. The highest BCUT2D eigenvalue weighted by molar-refractivity contribution is 7.89. The van der Waals surface area contributed by atoms with Crippen LogP contribution in [0, 0.1) is 5.92 Å². The predicted octanol–water partition coefficient (Wildman–Crippen LogP) is 2.67. The number of sulfonamides is 1. The molecule has 10 heteroatoms. The van der Waals surface area contributed by atoms with Crippen LogP contribution in [0.4, 0.5) is 14.8 Å². The molecule has 1 aromatic rings. The van der Waals surface area contributed by atoms with Crippen LogP contribution < -0.4 is 10.0 Å². The molecule has 1 heterocycles. The van der Waals surface area contributed by atoms with E-state index in [0.717, 1.165) is 25.7 Å². The van der Waals surface area contributed by atoms with Gasteiger partial charge in [-0.15, -0.1) is 0 Å². The lowest BCUT2D eigenvalue weighted by Crippen LogP contribution is -2.47. The van der Waals surface area contributed by atoms with Crippen molar-refractivity contribution in [3.63, 3.8) is 0 Å². The fourth-order valence-electron chi connectivity index (χ4n) is 3.81. The zero-order valence-electron chi connectivity index (χ0n) is 15.1. The summed E-state index contributed by atoms with van der Waals surface area (Å²) in [6.07, 6.45) is 3.02. The summed E-state index contributed by atoms with van der Waals surface area (Å²) in [7, 11) is -3.15. The number of halogens is 2. The van der Waals surface area contributed by atoms with Gasteiger partial charge in [-0.3, -0.25) is 0 Å². The summed E-state index contributed by atoms with van der Waals surface area (Å²) in [5, 5.41) is 7.04. The first kappa shape index (κ1) is 19.5. The zero-order valence-corrected chi connectivity index (χ0v) is 15.9. The van der Waals surface area contributed by atoms with Gasteiger partial charge in [0.15, 0.2) is 5.82 Å². The Hall–Kier alpha value is -1.29. The van der Waals surface area contributed by atoms with E-state index in [1.54, 1.807) is 13.8 Å². The molecule has 2 fully saturated rings. The molecule has 3 rings (SSSR count). The summed E-state index contributed by atoms with van der Waals surface area (Å²) < 4.78 is 57.1. The Morgan fingerprint density at radius 3 is 2.46 bits per heavy atom. The molecule has 0 unspecified atom stereocenters. The van der Waals surface area contributed by atoms with Gasteiger partial charge in [0.2, 0.25) is 15.9 Å². The van der Waals surface area contributed by atoms with Crippen molar-refractivity contribution in [2.24, 2.45) is 5.92 Å². The van der Waals surface area contributed by atoms with E-state index in [9.17, 15) is 17.2 Å². The van der Waals surface area contributed by atoms with Gasteiger partial charge in [-0.1, -0.05) is 12.1 Å². The van der Waals surface area contributed by atoms with Gasteiger partial charge in [0.25, 0.3) is 0 Å². The van der Waals surface area contributed by atoms with Gasteiger partial charge in [-0.2, -0.15) is 4.98 Å². The summed E-state index contributed by atoms with van der Waals surface area (Å²) in [6, 6.07) is 0.435. The van der Waals surface area contributed by atoms with Crippen LogP contribution in [0.5, 0.6) is 0 Å². The van der Waals surface area contributed by atoms with Crippen LogP contribution in [0.2, 0.25) is 0 Å². The van der Waals surface area contributed by atoms with Crippen LogP contribution in [0.3, 0.4) is 0 Å². The number of alkyl halides is 2. The van der Waals surface area contributed by atoms with E-state index in [1.165, 1.54) is 0 Å².